The van der Waals surface area contributed by atoms with E-state index in [4.69, 9.17) is 9.84 Å². The predicted octanol–water partition coefficient (Wildman–Crippen LogP) is 5.12. The minimum atomic E-state index is -0.989. The molecule has 12 rings (SSSR count). The van der Waals surface area contributed by atoms with E-state index in [0.717, 1.165) is 141 Å². The number of nitrogens with zero attached hydrogens (tertiary/aromatic N) is 10. The highest BCUT2D eigenvalue weighted by molar-refractivity contribution is 6.23. The number of aromatic nitrogens is 4. The van der Waals surface area contributed by atoms with E-state index in [9.17, 15) is 24.0 Å². The number of fused-ring (bicyclic) bond motifs is 4. The predicted molar refractivity (Wildman–Crippen MR) is 259 cm³/mol. The second kappa shape index (κ2) is 17.9. The van der Waals surface area contributed by atoms with Crippen molar-refractivity contribution in [2.75, 3.05) is 86.8 Å². The lowest BCUT2D eigenvalue weighted by Crippen LogP contribution is -2.54. The second-order valence-electron chi connectivity index (χ2n) is 20.1. The summed E-state index contributed by atoms with van der Waals surface area (Å²) < 4.78 is 27.0. The third-order valence-electron chi connectivity index (χ3n) is 16.0. The van der Waals surface area contributed by atoms with Crippen LogP contribution in [-0.4, -0.2) is 142 Å². The molecule has 10 heterocycles. The number of anilines is 4. The molecule has 0 saturated carbocycles. The molecule has 4 saturated heterocycles. The molecule has 0 spiro atoms. The molecule has 1 unspecified atom stereocenters. The van der Waals surface area contributed by atoms with Crippen molar-refractivity contribution in [3.8, 4) is 11.1 Å². The molecule has 2 aromatic carbocycles. The van der Waals surface area contributed by atoms with E-state index < -0.39 is 29.7 Å². The van der Waals surface area contributed by atoms with E-state index in [1.165, 1.54) is 5.69 Å². The summed E-state index contributed by atoms with van der Waals surface area (Å²) in [6.45, 7) is 10.8. The Labute approximate surface area is 405 Å². The van der Waals surface area contributed by atoms with Crippen LogP contribution < -0.4 is 20.0 Å². The van der Waals surface area contributed by atoms with Crippen molar-refractivity contribution in [2.24, 2.45) is 5.92 Å². The number of ether oxygens (including phenoxy) is 1. The van der Waals surface area contributed by atoms with E-state index in [2.05, 4.69) is 46.8 Å². The van der Waals surface area contributed by atoms with Gasteiger partial charge in [0.05, 0.1) is 29.4 Å². The largest absolute Gasteiger partial charge is 0.381 e. The summed E-state index contributed by atoms with van der Waals surface area (Å²) in [5.74, 6) is -0.901. The van der Waals surface area contributed by atoms with Crippen LogP contribution in [0.4, 0.5) is 27.3 Å². The number of benzene rings is 2. The first kappa shape index (κ1) is 44.5. The highest BCUT2D eigenvalue weighted by Gasteiger charge is 2.45. The molecule has 4 fully saturated rings. The first-order valence-electron chi connectivity index (χ1n) is 25.1. The molecule has 5 aromatic rings. The number of rotatable bonds is 8. The number of carbonyl (C=O) groups excluding carboxylic acids is 5. The average Bonchev–Trinajstić information content (AvgIpc) is 4.07. The van der Waals surface area contributed by atoms with Gasteiger partial charge in [-0.2, -0.15) is 5.10 Å². The van der Waals surface area contributed by atoms with Gasteiger partial charge in [0.1, 0.15) is 17.5 Å². The van der Waals surface area contributed by atoms with Crippen LogP contribution in [0.3, 0.4) is 0 Å². The first-order chi connectivity index (χ1) is 34.1. The fourth-order valence-electron chi connectivity index (χ4n) is 12.2. The van der Waals surface area contributed by atoms with Gasteiger partial charge >= 0.3 is 0 Å². The third-order valence-corrected chi connectivity index (χ3v) is 16.0. The molecular formula is C52H58FN11O6. The summed E-state index contributed by atoms with van der Waals surface area (Å²) in [6, 6.07) is 10.4. The van der Waals surface area contributed by atoms with E-state index in [0.29, 0.717) is 49.9 Å². The zero-order valence-electron chi connectivity index (χ0n) is 39.6. The number of piperidine rings is 2. The number of imidazole rings is 1. The van der Waals surface area contributed by atoms with Crippen LogP contribution in [0.1, 0.15) is 95.4 Å². The number of hydrogen-bond acceptors (Lipinski definition) is 12. The Morgan fingerprint density at radius 2 is 1.60 bits per heavy atom. The minimum absolute atomic E-state index is 0.0495. The number of aryl methyl sites for hydroxylation is 1. The van der Waals surface area contributed by atoms with Crippen molar-refractivity contribution < 1.29 is 33.1 Å². The summed E-state index contributed by atoms with van der Waals surface area (Å²) in [6.07, 6.45) is 12.3. The highest BCUT2D eigenvalue weighted by Crippen LogP contribution is 2.44. The molecule has 0 radical (unpaired) electrons. The van der Waals surface area contributed by atoms with Crippen molar-refractivity contribution in [1.29, 1.82) is 0 Å². The van der Waals surface area contributed by atoms with Crippen molar-refractivity contribution in [2.45, 2.75) is 83.3 Å². The van der Waals surface area contributed by atoms with Crippen LogP contribution >= 0.6 is 0 Å². The van der Waals surface area contributed by atoms with E-state index in [1.54, 1.807) is 31.3 Å². The number of halogens is 1. The van der Waals surface area contributed by atoms with Crippen LogP contribution in [0.15, 0.2) is 55.0 Å². The second-order valence-corrected chi connectivity index (χ2v) is 20.1. The summed E-state index contributed by atoms with van der Waals surface area (Å²) in [4.78, 5) is 80.6. The standard InChI is InChI=1S/C52H58FN11O6/c1-32(65)60-17-10-43-41(30-60)49(56-64(43)35-11-23-70-24-12-35)62-14-2-3-34-25-38(42(53)28-45(34)62)39-27-47-54-13-18-61(47)31-46(39)59-15-8-33(9-16-59)29-57-19-21-58(22-20-57)36-4-5-37-40(26-36)52(69)63(51(37)68)44-6-7-48(66)55-50(44)67/h4-5,13,18,25-28,31,33,35,44H,2-3,6-12,14-17,19-24,29-30H2,1H3,(H,55,66,67). The lowest BCUT2D eigenvalue weighted by Gasteiger charge is -2.40. The lowest BCUT2D eigenvalue weighted by molar-refractivity contribution is -0.136. The van der Waals surface area contributed by atoms with Crippen LogP contribution in [0.2, 0.25) is 0 Å². The van der Waals surface area contributed by atoms with Crippen molar-refractivity contribution in [3.05, 3.63) is 88.8 Å². The maximum absolute atomic E-state index is 17.1. The zero-order chi connectivity index (χ0) is 47.8. The Morgan fingerprint density at radius 1 is 0.800 bits per heavy atom. The number of amides is 5. The topological polar surface area (TPSA) is 161 Å². The minimum Gasteiger partial charge on any atom is -0.381 e. The maximum atomic E-state index is 17.1. The van der Waals surface area contributed by atoms with Crippen molar-refractivity contribution in [3.63, 3.8) is 0 Å². The molecule has 3 aromatic heterocycles. The van der Waals surface area contributed by atoms with Crippen LogP contribution in [-0.2, 0) is 38.5 Å². The molecule has 17 nitrogen and oxygen atoms in total. The number of nitrogens with one attached hydrogen (secondary N) is 1. The van der Waals surface area contributed by atoms with Gasteiger partial charge < -0.3 is 28.7 Å². The Kier molecular flexibility index (Phi) is 11.4. The number of hydrogen-bond donors (Lipinski definition) is 1. The molecule has 7 aliphatic heterocycles. The SMILES string of the molecule is CC(=O)N1CCc2c(c(N3CCCc4cc(-c5cc6nccn6cc5N5CCC(CN6CCN(c7ccc8c(c7)C(=O)N(C7CCC(=O)NC7=O)C8=O)CC6)CC5)c(F)cc43)nn2C2CCOCC2)C1. The quantitative estimate of drug-likeness (QED) is 0.205. The van der Waals surface area contributed by atoms with E-state index >= 15 is 4.39 Å². The first-order valence-corrected chi connectivity index (χ1v) is 25.1. The zero-order valence-corrected chi connectivity index (χ0v) is 39.6. The van der Waals surface area contributed by atoms with Crippen LogP contribution in [0.25, 0.3) is 16.8 Å². The van der Waals surface area contributed by atoms with Crippen LogP contribution in [0, 0.1) is 11.7 Å². The molecule has 70 heavy (non-hydrogen) atoms. The fourth-order valence-corrected chi connectivity index (χ4v) is 12.2. The number of pyridine rings is 1. The molecule has 7 aliphatic rings. The van der Waals surface area contributed by atoms with Gasteiger partial charge in [0.25, 0.3) is 11.8 Å². The normalized spacial score (nSPS) is 21.7. The van der Waals surface area contributed by atoms with Gasteiger partial charge in [0, 0.05) is 144 Å². The summed E-state index contributed by atoms with van der Waals surface area (Å²) in [7, 11) is 0. The highest BCUT2D eigenvalue weighted by atomic mass is 19.1. The number of carbonyl (C=O) groups is 5. The molecule has 5 amide bonds. The van der Waals surface area contributed by atoms with Gasteiger partial charge in [-0.15, -0.1) is 0 Å². The van der Waals surface area contributed by atoms with Gasteiger partial charge in [-0.05, 0) is 92.8 Å². The average molecular weight is 952 g/mol. The Balaban J connectivity index is 0.730. The van der Waals surface area contributed by atoms with E-state index in [1.807, 2.05) is 27.6 Å². The van der Waals surface area contributed by atoms with E-state index in [-0.39, 0.29) is 36.2 Å². The molecular weight excluding hydrogens is 894 g/mol. The smallest absolute Gasteiger partial charge is 0.262 e. The summed E-state index contributed by atoms with van der Waals surface area (Å²) >= 11 is 0. The van der Waals surface area contributed by atoms with Crippen LogP contribution in [0.5, 0.6) is 0 Å². The Hall–Kier alpha value is -6.66. The van der Waals surface area contributed by atoms with Gasteiger partial charge in [0.2, 0.25) is 17.7 Å². The maximum Gasteiger partial charge on any atom is 0.262 e. The number of piperazine rings is 1. The lowest BCUT2D eigenvalue weighted by atomic mass is 9.92. The van der Waals surface area contributed by atoms with Gasteiger partial charge in [-0.3, -0.25) is 43.8 Å². The monoisotopic (exact) mass is 951 g/mol. The summed E-state index contributed by atoms with van der Waals surface area (Å²) in [5.41, 5.74) is 8.80. The van der Waals surface area contributed by atoms with Gasteiger partial charge in [-0.1, -0.05) is 0 Å². The third kappa shape index (κ3) is 7.88. The molecule has 0 bridgehead atoms. The van der Waals surface area contributed by atoms with Crippen molar-refractivity contribution >= 4 is 58.1 Å². The molecule has 1 N–H and O–H groups in total. The van der Waals surface area contributed by atoms with Crippen molar-refractivity contribution in [1.82, 2.24) is 39.2 Å². The molecule has 364 valence electrons. The fraction of sp³-hybridized carbons (Fsp3) is 0.481. The molecule has 0 aliphatic carbocycles. The number of imide groups is 2. The Bertz CT molecular complexity index is 2950. The molecule has 1 atom stereocenters. The van der Waals surface area contributed by atoms with Gasteiger partial charge in [0.15, 0.2) is 5.82 Å². The Morgan fingerprint density at radius 3 is 2.39 bits per heavy atom. The molecule has 18 heteroatoms. The van der Waals surface area contributed by atoms with Gasteiger partial charge in [-0.25, -0.2) is 9.37 Å². The summed E-state index contributed by atoms with van der Waals surface area (Å²) in [5, 5.41) is 7.56.